The van der Waals surface area contributed by atoms with Crippen LogP contribution in [0.4, 0.5) is 0 Å². The van der Waals surface area contributed by atoms with Crippen molar-refractivity contribution >= 4 is 40.9 Å². The second kappa shape index (κ2) is 3.20. The van der Waals surface area contributed by atoms with Gasteiger partial charge >= 0.3 is 0 Å². The maximum atomic E-state index is 5.82. The fourth-order valence-corrected chi connectivity index (χ4v) is 1.98. The summed E-state index contributed by atoms with van der Waals surface area (Å²) >= 11 is 17.4. The van der Waals surface area contributed by atoms with Crippen LogP contribution in [-0.2, 0) is 0 Å². The van der Waals surface area contributed by atoms with Crippen molar-refractivity contribution in [1.82, 2.24) is 0 Å². The molecule has 67 valence electrons. The molecule has 1 aromatic rings. The lowest BCUT2D eigenvalue weighted by atomic mass is 10.0. The highest BCUT2D eigenvalue weighted by Gasteiger charge is 2.35. The van der Waals surface area contributed by atoms with Crippen molar-refractivity contribution in [3.05, 3.63) is 41.5 Å². The zero-order valence-electron chi connectivity index (χ0n) is 6.60. The SMILES string of the molecule is ClC(Cl)(Cl)C1[C]=Cc2ccccc21. The number of halogens is 3. The Morgan fingerprint density at radius 1 is 1.15 bits per heavy atom. The predicted octanol–water partition coefficient (Wildman–Crippen LogP) is 3.97. The summed E-state index contributed by atoms with van der Waals surface area (Å²) in [6, 6.07) is 7.83. The minimum atomic E-state index is -1.30. The standard InChI is InChI=1S/C10H6Cl3/c11-10(12,13)9-6-5-7-3-1-2-4-8(7)9/h1-5,9H. The number of alkyl halides is 3. The van der Waals surface area contributed by atoms with Gasteiger partial charge in [0.05, 0.1) is 5.92 Å². The fraction of sp³-hybridized carbons (Fsp3) is 0.200. The van der Waals surface area contributed by atoms with Gasteiger partial charge in [0.15, 0.2) is 0 Å². The predicted molar refractivity (Wildman–Crippen MR) is 57.2 cm³/mol. The lowest BCUT2D eigenvalue weighted by Crippen LogP contribution is -2.13. The summed E-state index contributed by atoms with van der Waals surface area (Å²) in [7, 11) is 0. The molecule has 0 saturated heterocycles. The van der Waals surface area contributed by atoms with Crippen molar-refractivity contribution in [3.63, 3.8) is 0 Å². The fourth-order valence-electron chi connectivity index (χ4n) is 1.44. The van der Waals surface area contributed by atoms with Gasteiger partial charge in [-0.3, -0.25) is 0 Å². The van der Waals surface area contributed by atoms with E-state index in [9.17, 15) is 0 Å². The molecule has 0 bridgehead atoms. The van der Waals surface area contributed by atoms with E-state index >= 15 is 0 Å². The minimum absolute atomic E-state index is 0.242. The van der Waals surface area contributed by atoms with Gasteiger partial charge in [-0.2, -0.15) is 0 Å². The molecular weight excluding hydrogens is 226 g/mol. The van der Waals surface area contributed by atoms with Gasteiger partial charge < -0.3 is 0 Å². The third kappa shape index (κ3) is 1.71. The van der Waals surface area contributed by atoms with Crippen LogP contribution in [0.5, 0.6) is 0 Å². The Morgan fingerprint density at radius 2 is 1.85 bits per heavy atom. The highest BCUT2D eigenvalue weighted by atomic mass is 35.6. The van der Waals surface area contributed by atoms with Crippen LogP contribution >= 0.6 is 34.8 Å². The molecule has 13 heavy (non-hydrogen) atoms. The summed E-state index contributed by atoms with van der Waals surface area (Å²) in [5.41, 5.74) is 2.11. The smallest absolute Gasteiger partial charge is 0.0826 e. The first-order valence-corrected chi connectivity index (χ1v) is 4.97. The van der Waals surface area contributed by atoms with Crippen molar-refractivity contribution in [2.24, 2.45) is 0 Å². The van der Waals surface area contributed by atoms with E-state index in [0.717, 1.165) is 11.1 Å². The van der Waals surface area contributed by atoms with Gasteiger partial charge in [0.25, 0.3) is 0 Å². The highest BCUT2D eigenvalue weighted by Crippen LogP contribution is 2.46. The van der Waals surface area contributed by atoms with Gasteiger partial charge in [-0.05, 0) is 17.2 Å². The molecule has 0 amide bonds. The monoisotopic (exact) mass is 231 g/mol. The molecule has 0 saturated carbocycles. The van der Waals surface area contributed by atoms with Crippen molar-refractivity contribution in [3.8, 4) is 0 Å². The lowest BCUT2D eigenvalue weighted by molar-refractivity contribution is 0.871. The molecule has 0 spiro atoms. The molecular formula is C10H6Cl3. The molecule has 0 nitrogen and oxygen atoms in total. The summed E-state index contributed by atoms with van der Waals surface area (Å²) < 4.78 is -1.30. The molecule has 1 atom stereocenters. The topological polar surface area (TPSA) is 0 Å². The average molecular weight is 233 g/mol. The number of benzene rings is 1. The van der Waals surface area contributed by atoms with Gasteiger partial charge in [-0.25, -0.2) is 0 Å². The van der Waals surface area contributed by atoms with Gasteiger partial charge in [-0.1, -0.05) is 65.1 Å². The van der Waals surface area contributed by atoms with Gasteiger partial charge in [0.2, 0.25) is 3.79 Å². The van der Waals surface area contributed by atoms with Crippen LogP contribution in [0.1, 0.15) is 17.0 Å². The maximum Gasteiger partial charge on any atom is 0.201 e. The number of rotatable bonds is 0. The number of hydrogen-bond donors (Lipinski definition) is 0. The van der Waals surface area contributed by atoms with E-state index in [1.165, 1.54) is 0 Å². The molecule has 1 radical (unpaired) electrons. The number of fused-ring (bicyclic) bond motifs is 1. The van der Waals surface area contributed by atoms with Crippen molar-refractivity contribution in [2.45, 2.75) is 9.71 Å². The van der Waals surface area contributed by atoms with Crippen molar-refractivity contribution in [1.29, 1.82) is 0 Å². The van der Waals surface area contributed by atoms with Crippen LogP contribution in [0, 0.1) is 6.08 Å². The molecule has 0 aliphatic heterocycles. The van der Waals surface area contributed by atoms with E-state index in [4.69, 9.17) is 34.8 Å². The van der Waals surface area contributed by atoms with E-state index in [1.807, 2.05) is 30.3 Å². The minimum Gasteiger partial charge on any atom is -0.0826 e. The van der Waals surface area contributed by atoms with E-state index in [2.05, 4.69) is 6.08 Å². The molecule has 0 fully saturated rings. The van der Waals surface area contributed by atoms with Gasteiger partial charge in [0, 0.05) is 0 Å². The van der Waals surface area contributed by atoms with Crippen LogP contribution in [0.3, 0.4) is 0 Å². The molecule has 1 aliphatic carbocycles. The molecule has 0 N–H and O–H groups in total. The van der Waals surface area contributed by atoms with Crippen LogP contribution in [-0.4, -0.2) is 3.79 Å². The van der Waals surface area contributed by atoms with E-state index in [-0.39, 0.29) is 5.92 Å². The first-order chi connectivity index (χ1) is 6.09. The first-order valence-electron chi connectivity index (χ1n) is 3.84. The summed E-state index contributed by atoms with van der Waals surface area (Å²) in [6.45, 7) is 0. The molecule has 1 aliphatic rings. The Morgan fingerprint density at radius 3 is 2.54 bits per heavy atom. The summed E-state index contributed by atoms with van der Waals surface area (Å²) in [6.07, 6.45) is 4.90. The third-order valence-electron chi connectivity index (χ3n) is 2.04. The van der Waals surface area contributed by atoms with Crippen molar-refractivity contribution < 1.29 is 0 Å². The van der Waals surface area contributed by atoms with Crippen LogP contribution < -0.4 is 0 Å². The third-order valence-corrected chi connectivity index (χ3v) is 2.69. The zero-order chi connectivity index (χ0) is 9.47. The second-order valence-electron chi connectivity index (χ2n) is 2.91. The number of allylic oxidation sites excluding steroid dienone is 1. The van der Waals surface area contributed by atoms with Crippen LogP contribution in [0.2, 0.25) is 0 Å². The second-order valence-corrected chi connectivity index (χ2v) is 5.28. The molecule has 1 aromatic carbocycles. The van der Waals surface area contributed by atoms with Crippen LogP contribution in [0.25, 0.3) is 6.08 Å². The zero-order valence-corrected chi connectivity index (χ0v) is 8.87. The van der Waals surface area contributed by atoms with E-state index in [0.29, 0.717) is 0 Å². The number of hydrogen-bond acceptors (Lipinski definition) is 0. The Balaban J connectivity index is 2.45. The largest absolute Gasteiger partial charge is 0.201 e. The van der Waals surface area contributed by atoms with Gasteiger partial charge in [-0.15, -0.1) is 0 Å². The van der Waals surface area contributed by atoms with Gasteiger partial charge in [0.1, 0.15) is 0 Å². The molecule has 2 rings (SSSR count). The quantitative estimate of drug-likeness (QED) is 0.594. The Hall–Kier alpha value is -0.170. The average Bonchev–Trinajstić information content (AvgIpc) is 2.45. The molecule has 3 heteroatoms. The van der Waals surface area contributed by atoms with Crippen molar-refractivity contribution in [2.75, 3.05) is 0 Å². The summed E-state index contributed by atoms with van der Waals surface area (Å²) in [5, 5.41) is 0. The van der Waals surface area contributed by atoms with E-state index < -0.39 is 3.79 Å². The lowest BCUT2D eigenvalue weighted by Gasteiger charge is -2.18. The molecule has 0 heterocycles. The van der Waals surface area contributed by atoms with E-state index in [1.54, 1.807) is 0 Å². The van der Waals surface area contributed by atoms with Crippen LogP contribution in [0.15, 0.2) is 24.3 Å². The Labute approximate surface area is 92.1 Å². The first kappa shape index (κ1) is 9.39. The summed E-state index contributed by atoms with van der Waals surface area (Å²) in [5.74, 6) is -0.242. The summed E-state index contributed by atoms with van der Waals surface area (Å²) in [4.78, 5) is 0. The Bertz CT molecular complexity index is 349. The molecule has 1 unspecified atom stereocenters. The normalized spacial score (nSPS) is 20.4. The maximum absolute atomic E-state index is 5.82. The Kier molecular flexibility index (Phi) is 2.31. The molecule has 0 aromatic heterocycles. The highest BCUT2D eigenvalue weighted by molar-refractivity contribution is 6.68.